The topological polar surface area (TPSA) is 97.0 Å². The summed E-state index contributed by atoms with van der Waals surface area (Å²) in [6.45, 7) is 2.48. The Balaban J connectivity index is 2.22. The Hall–Kier alpha value is -1.93. The zero-order valence-electron chi connectivity index (χ0n) is 12.1. The Kier molecular flexibility index (Phi) is 4.59. The fourth-order valence-corrected chi connectivity index (χ4v) is 2.51. The fraction of sp³-hybridized carbons (Fsp3) is 0.385. The van der Waals surface area contributed by atoms with Crippen LogP contribution < -0.4 is 5.32 Å². The Bertz CT molecular complexity index is 712. The molecule has 1 atom stereocenters. The van der Waals surface area contributed by atoms with Gasteiger partial charge in [0.2, 0.25) is 5.95 Å². The molecule has 2 aromatic rings. The molecule has 0 saturated carbocycles. The molecule has 1 unspecified atom stereocenters. The van der Waals surface area contributed by atoms with Crippen molar-refractivity contribution in [2.45, 2.75) is 17.9 Å². The highest BCUT2D eigenvalue weighted by Crippen LogP contribution is 2.20. The van der Waals surface area contributed by atoms with E-state index in [9.17, 15) is 8.42 Å². The molecule has 0 fully saturated rings. The van der Waals surface area contributed by atoms with Gasteiger partial charge in [0.25, 0.3) is 0 Å². The van der Waals surface area contributed by atoms with E-state index < -0.39 is 9.84 Å². The SMILES string of the molecule is COCC(C)Nc1n[nH]c(-c2cccc(S(C)(=O)=O)c2)n1. The smallest absolute Gasteiger partial charge is 0.242 e. The normalized spacial score (nSPS) is 13.1. The lowest BCUT2D eigenvalue weighted by Crippen LogP contribution is -2.21. The van der Waals surface area contributed by atoms with Gasteiger partial charge in [-0.2, -0.15) is 4.98 Å². The molecular formula is C13H18N4O3S. The van der Waals surface area contributed by atoms with E-state index in [-0.39, 0.29) is 10.9 Å². The van der Waals surface area contributed by atoms with Gasteiger partial charge in [0.05, 0.1) is 11.5 Å². The number of hydrogen-bond acceptors (Lipinski definition) is 6. The summed E-state index contributed by atoms with van der Waals surface area (Å²) in [7, 11) is -1.62. The van der Waals surface area contributed by atoms with Gasteiger partial charge in [0, 0.05) is 25.0 Å². The van der Waals surface area contributed by atoms with Crippen LogP contribution in [0.5, 0.6) is 0 Å². The molecule has 7 nitrogen and oxygen atoms in total. The van der Waals surface area contributed by atoms with Gasteiger partial charge in [-0.3, -0.25) is 5.10 Å². The summed E-state index contributed by atoms with van der Waals surface area (Å²) in [6, 6.07) is 6.64. The molecule has 1 aromatic carbocycles. The highest BCUT2D eigenvalue weighted by atomic mass is 32.2. The minimum Gasteiger partial charge on any atom is -0.383 e. The van der Waals surface area contributed by atoms with Crippen molar-refractivity contribution in [1.29, 1.82) is 0 Å². The van der Waals surface area contributed by atoms with Crippen molar-refractivity contribution in [3.8, 4) is 11.4 Å². The number of nitrogens with zero attached hydrogens (tertiary/aromatic N) is 2. The standard InChI is InChI=1S/C13H18N4O3S/c1-9(8-20-2)14-13-15-12(16-17-13)10-5-4-6-11(7-10)21(3,18)19/h4-7,9H,8H2,1-3H3,(H2,14,15,16,17). The van der Waals surface area contributed by atoms with E-state index in [4.69, 9.17) is 4.74 Å². The van der Waals surface area contributed by atoms with Crippen LogP contribution >= 0.6 is 0 Å². The molecule has 0 radical (unpaired) electrons. The van der Waals surface area contributed by atoms with Gasteiger partial charge in [-0.1, -0.05) is 12.1 Å². The van der Waals surface area contributed by atoms with Crippen LogP contribution in [0.15, 0.2) is 29.2 Å². The molecule has 0 amide bonds. The first kappa shape index (κ1) is 15.5. The van der Waals surface area contributed by atoms with Crippen LogP contribution in [0.25, 0.3) is 11.4 Å². The minimum absolute atomic E-state index is 0.0704. The van der Waals surface area contributed by atoms with E-state index in [1.807, 2.05) is 6.92 Å². The molecule has 2 rings (SSSR count). The number of aromatic amines is 1. The number of nitrogens with one attached hydrogen (secondary N) is 2. The second kappa shape index (κ2) is 6.23. The lowest BCUT2D eigenvalue weighted by Gasteiger charge is -2.09. The Morgan fingerprint density at radius 1 is 1.43 bits per heavy atom. The highest BCUT2D eigenvalue weighted by Gasteiger charge is 2.12. The summed E-state index contributed by atoms with van der Waals surface area (Å²) in [5, 5.41) is 9.92. The maximum absolute atomic E-state index is 11.6. The first-order chi connectivity index (χ1) is 9.90. The van der Waals surface area contributed by atoms with Gasteiger partial charge in [0.15, 0.2) is 15.7 Å². The second-order valence-electron chi connectivity index (χ2n) is 4.81. The maximum atomic E-state index is 11.6. The van der Waals surface area contributed by atoms with Gasteiger partial charge < -0.3 is 10.1 Å². The van der Waals surface area contributed by atoms with Crippen LogP contribution in [0, 0.1) is 0 Å². The summed E-state index contributed by atoms with van der Waals surface area (Å²) in [5.74, 6) is 0.951. The van der Waals surface area contributed by atoms with Crippen LogP contribution in [-0.4, -0.2) is 49.6 Å². The van der Waals surface area contributed by atoms with Gasteiger partial charge in [0.1, 0.15) is 0 Å². The van der Waals surface area contributed by atoms with Crippen molar-refractivity contribution in [1.82, 2.24) is 15.2 Å². The molecule has 0 bridgehead atoms. The lowest BCUT2D eigenvalue weighted by atomic mass is 10.2. The number of ether oxygens (including phenoxy) is 1. The van der Waals surface area contributed by atoms with Crippen LogP contribution in [0.1, 0.15) is 6.92 Å². The maximum Gasteiger partial charge on any atom is 0.242 e. The van der Waals surface area contributed by atoms with Crippen LogP contribution in [0.4, 0.5) is 5.95 Å². The van der Waals surface area contributed by atoms with Crippen LogP contribution in [-0.2, 0) is 14.6 Å². The van der Waals surface area contributed by atoms with Crippen molar-refractivity contribution in [3.05, 3.63) is 24.3 Å². The zero-order valence-corrected chi connectivity index (χ0v) is 12.9. The molecule has 0 aliphatic heterocycles. The molecule has 0 aliphatic carbocycles. The van der Waals surface area contributed by atoms with Gasteiger partial charge in [-0.15, -0.1) is 5.10 Å². The summed E-state index contributed by atoms with van der Waals surface area (Å²) >= 11 is 0. The lowest BCUT2D eigenvalue weighted by molar-refractivity contribution is 0.190. The third kappa shape index (κ3) is 4.02. The number of H-pyrrole nitrogens is 1. The highest BCUT2D eigenvalue weighted by molar-refractivity contribution is 7.90. The van der Waals surface area contributed by atoms with Crippen molar-refractivity contribution < 1.29 is 13.2 Å². The number of rotatable bonds is 6. The fourth-order valence-electron chi connectivity index (χ4n) is 1.84. The molecule has 1 aromatic heterocycles. The zero-order chi connectivity index (χ0) is 15.5. The average Bonchev–Trinajstić information content (AvgIpc) is 2.86. The number of aromatic nitrogens is 3. The predicted octanol–water partition coefficient (Wildman–Crippen LogP) is 1.32. The Morgan fingerprint density at radius 3 is 2.86 bits per heavy atom. The van der Waals surface area contributed by atoms with E-state index in [0.717, 1.165) is 0 Å². The molecule has 8 heteroatoms. The molecule has 21 heavy (non-hydrogen) atoms. The summed E-state index contributed by atoms with van der Waals surface area (Å²) in [4.78, 5) is 4.55. The van der Waals surface area contributed by atoms with Crippen LogP contribution in [0.3, 0.4) is 0 Å². The second-order valence-corrected chi connectivity index (χ2v) is 6.82. The molecule has 1 heterocycles. The predicted molar refractivity (Wildman–Crippen MR) is 79.9 cm³/mol. The van der Waals surface area contributed by atoms with Crippen molar-refractivity contribution >= 4 is 15.8 Å². The van der Waals surface area contributed by atoms with Gasteiger partial charge in [-0.25, -0.2) is 8.42 Å². The third-order valence-electron chi connectivity index (χ3n) is 2.81. The molecule has 0 spiro atoms. The molecule has 114 valence electrons. The number of hydrogen-bond donors (Lipinski definition) is 2. The number of anilines is 1. The number of sulfone groups is 1. The van der Waals surface area contributed by atoms with Crippen LogP contribution in [0.2, 0.25) is 0 Å². The first-order valence-electron chi connectivity index (χ1n) is 6.38. The molecule has 0 saturated heterocycles. The molecular weight excluding hydrogens is 292 g/mol. The average molecular weight is 310 g/mol. The van der Waals surface area contributed by atoms with E-state index >= 15 is 0 Å². The molecule has 0 aliphatic rings. The van der Waals surface area contributed by atoms with Crippen molar-refractivity contribution in [3.63, 3.8) is 0 Å². The van der Waals surface area contributed by atoms with E-state index in [1.54, 1.807) is 31.4 Å². The summed E-state index contributed by atoms with van der Waals surface area (Å²) in [6.07, 6.45) is 1.17. The Morgan fingerprint density at radius 2 is 2.19 bits per heavy atom. The number of benzene rings is 1. The first-order valence-corrected chi connectivity index (χ1v) is 8.27. The van der Waals surface area contributed by atoms with Crippen molar-refractivity contribution in [2.24, 2.45) is 0 Å². The Labute approximate surface area is 123 Å². The number of methoxy groups -OCH3 is 1. The largest absolute Gasteiger partial charge is 0.383 e. The summed E-state index contributed by atoms with van der Waals surface area (Å²) in [5.41, 5.74) is 0.665. The third-order valence-corrected chi connectivity index (χ3v) is 3.92. The monoisotopic (exact) mass is 310 g/mol. The van der Waals surface area contributed by atoms with E-state index in [0.29, 0.717) is 23.9 Å². The van der Waals surface area contributed by atoms with Gasteiger partial charge >= 0.3 is 0 Å². The summed E-state index contributed by atoms with van der Waals surface area (Å²) < 4.78 is 28.2. The van der Waals surface area contributed by atoms with Gasteiger partial charge in [-0.05, 0) is 19.1 Å². The van der Waals surface area contributed by atoms with E-state index in [2.05, 4.69) is 20.5 Å². The quantitative estimate of drug-likeness (QED) is 0.835. The van der Waals surface area contributed by atoms with Crippen molar-refractivity contribution in [2.75, 3.05) is 25.3 Å². The molecule has 2 N–H and O–H groups in total. The van der Waals surface area contributed by atoms with E-state index in [1.165, 1.54) is 6.26 Å². The minimum atomic E-state index is -3.25.